The third-order valence-electron chi connectivity index (χ3n) is 3.18. The average molecular weight is 259 g/mol. The molecule has 1 aromatic heterocycles. The zero-order chi connectivity index (χ0) is 12.7. The zero-order valence-corrected chi connectivity index (χ0v) is 10.8. The number of carbonyl (C=O) groups is 1. The summed E-state index contributed by atoms with van der Waals surface area (Å²) < 4.78 is 0. The molecule has 1 aromatic carbocycles. The lowest BCUT2D eigenvalue weighted by Gasteiger charge is -2.12. The molecule has 3 nitrogen and oxygen atoms in total. The van der Waals surface area contributed by atoms with Gasteiger partial charge in [-0.25, -0.2) is 0 Å². The molecular weight excluding hydrogens is 246 g/mol. The maximum absolute atomic E-state index is 11.4. The second-order valence-electron chi connectivity index (χ2n) is 4.51. The molecule has 0 saturated carbocycles. The van der Waals surface area contributed by atoms with Crippen LogP contribution < -0.4 is 5.32 Å². The Morgan fingerprint density at radius 1 is 1.44 bits per heavy atom. The third-order valence-corrected chi connectivity index (χ3v) is 4.11. The van der Waals surface area contributed by atoms with Crippen LogP contribution in [0.3, 0.4) is 0 Å². The summed E-state index contributed by atoms with van der Waals surface area (Å²) in [6, 6.07) is 7.70. The lowest BCUT2D eigenvalue weighted by Crippen LogP contribution is -2.04. The molecule has 2 heterocycles. The van der Waals surface area contributed by atoms with Crippen LogP contribution in [-0.2, 0) is 11.2 Å². The normalized spacial score (nSPS) is 15.3. The number of thiophene rings is 1. The number of carbonyl (C=O) groups excluding carboxylic acids is 1. The molecule has 3 rings (SSSR count). The van der Waals surface area contributed by atoms with Gasteiger partial charge in [0.15, 0.2) is 0 Å². The highest BCUT2D eigenvalue weighted by Gasteiger charge is 2.22. The maximum atomic E-state index is 11.4. The average Bonchev–Trinajstić information content (AvgIpc) is 2.96. The number of benzene rings is 1. The highest BCUT2D eigenvalue weighted by Crippen LogP contribution is 2.33. The standard InChI is InChI=1S/C14H13NO2S/c1-8-5-10(14(17)11-3-2-4-18-11)6-9-7-12(16)15-13(8)9/h2-6,14,17H,7H2,1H3,(H,15,16). The van der Waals surface area contributed by atoms with Crippen LogP contribution in [0.15, 0.2) is 29.6 Å². The Kier molecular flexibility index (Phi) is 2.69. The second kappa shape index (κ2) is 4.23. The van der Waals surface area contributed by atoms with Gasteiger partial charge < -0.3 is 10.4 Å². The fourth-order valence-corrected chi connectivity index (χ4v) is 3.07. The predicted octanol–water partition coefficient (Wildman–Crippen LogP) is 2.63. The number of fused-ring (bicyclic) bond motifs is 1. The number of aryl methyl sites for hydroxylation is 1. The van der Waals surface area contributed by atoms with Crippen LogP contribution in [0, 0.1) is 6.92 Å². The van der Waals surface area contributed by atoms with E-state index >= 15 is 0 Å². The molecule has 0 bridgehead atoms. The van der Waals surface area contributed by atoms with E-state index in [1.165, 1.54) is 11.3 Å². The van der Waals surface area contributed by atoms with Gasteiger partial charge in [-0.2, -0.15) is 0 Å². The van der Waals surface area contributed by atoms with Crippen molar-refractivity contribution in [3.63, 3.8) is 0 Å². The molecule has 1 amide bonds. The lowest BCUT2D eigenvalue weighted by molar-refractivity contribution is -0.115. The monoisotopic (exact) mass is 259 g/mol. The molecule has 0 radical (unpaired) electrons. The van der Waals surface area contributed by atoms with Crippen LogP contribution in [-0.4, -0.2) is 11.0 Å². The fourth-order valence-electron chi connectivity index (χ4n) is 2.33. The topological polar surface area (TPSA) is 49.3 Å². The van der Waals surface area contributed by atoms with Gasteiger partial charge in [0.25, 0.3) is 0 Å². The molecule has 0 fully saturated rings. The molecule has 1 unspecified atom stereocenters. The van der Waals surface area contributed by atoms with Gasteiger partial charge in [0, 0.05) is 10.6 Å². The van der Waals surface area contributed by atoms with Crippen LogP contribution in [0.1, 0.15) is 27.7 Å². The number of hydrogen-bond acceptors (Lipinski definition) is 3. The highest BCUT2D eigenvalue weighted by atomic mass is 32.1. The van der Waals surface area contributed by atoms with Crippen molar-refractivity contribution in [3.8, 4) is 0 Å². The van der Waals surface area contributed by atoms with E-state index in [4.69, 9.17) is 0 Å². The minimum absolute atomic E-state index is 0.0239. The summed E-state index contributed by atoms with van der Waals surface area (Å²) in [5.41, 5.74) is 3.74. The Hall–Kier alpha value is -1.65. The zero-order valence-electron chi connectivity index (χ0n) is 9.93. The molecule has 92 valence electrons. The summed E-state index contributed by atoms with van der Waals surface area (Å²) in [5, 5.41) is 15.1. The molecule has 0 saturated heterocycles. The second-order valence-corrected chi connectivity index (χ2v) is 5.49. The summed E-state index contributed by atoms with van der Waals surface area (Å²) in [5.74, 6) is 0.0239. The number of anilines is 1. The van der Waals surface area contributed by atoms with Crippen molar-refractivity contribution in [1.82, 2.24) is 0 Å². The molecule has 1 aliphatic rings. The van der Waals surface area contributed by atoms with E-state index in [-0.39, 0.29) is 5.91 Å². The molecule has 18 heavy (non-hydrogen) atoms. The number of nitrogens with one attached hydrogen (secondary N) is 1. The van der Waals surface area contributed by atoms with Gasteiger partial charge in [-0.1, -0.05) is 18.2 Å². The summed E-state index contributed by atoms with van der Waals surface area (Å²) in [4.78, 5) is 12.3. The molecule has 1 aliphatic heterocycles. The van der Waals surface area contributed by atoms with E-state index < -0.39 is 6.10 Å². The van der Waals surface area contributed by atoms with E-state index in [1.54, 1.807) is 0 Å². The van der Waals surface area contributed by atoms with Gasteiger partial charge in [-0.05, 0) is 35.1 Å². The van der Waals surface area contributed by atoms with Crippen molar-refractivity contribution in [2.24, 2.45) is 0 Å². The number of rotatable bonds is 2. The number of aliphatic hydroxyl groups excluding tert-OH is 1. The number of aliphatic hydroxyl groups is 1. The van der Waals surface area contributed by atoms with E-state index in [2.05, 4.69) is 5.32 Å². The van der Waals surface area contributed by atoms with E-state index in [0.29, 0.717) is 6.42 Å². The number of hydrogen-bond donors (Lipinski definition) is 2. The highest BCUT2D eigenvalue weighted by molar-refractivity contribution is 7.10. The Morgan fingerprint density at radius 2 is 2.28 bits per heavy atom. The van der Waals surface area contributed by atoms with Crippen LogP contribution >= 0.6 is 11.3 Å². The van der Waals surface area contributed by atoms with Gasteiger partial charge in [0.05, 0.1) is 6.42 Å². The van der Waals surface area contributed by atoms with Crippen molar-refractivity contribution >= 4 is 22.9 Å². The first-order valence-corrected chi connectivity index (χ1v) is 6.68. The van der Waals surface area contributed by atoms with Gasteiger partial charge in [-0.15, -0.1) is 11.3 Å². The van der Waals surface area contributed by atoms with Gasteiger partial charge >= 0.3 is 0 Å². The summed E-state index contributed by atoms with van der Waals surface area (Å²) in [6.07, 6.45) is -0.203. The first kappa shape index (κ1) is 11.4. The predicted molar refractivity (Wildman–Crippen MR) is 71.9 cm³/mol. The van der Waals surface area contributed by atoms with Gasteiger partial charge in [-0.3, -0.25) is 4.79 Å². The quantitative estimate of drug-likeness (QED) is 0.871. The smallest absolute Gasteiger partial charge is 0.228 e. The third kappa shape index (κ3) is 1.83. The molecule has 0 aliphatic carbocycles. The Bertz CT molecular complexity index is 605. The minimum atomic E-state index is -0.607. The van der Waals surface area contributed by atoms with Crippen LogP contribution in [0.25, 0.3) is 0 Å². The molecule has 1 atom stereocenters. The van der Waals surface area contributed by atoms with Crippen molar-refractivity contribution < 1.29 is 9.90 Å². The summed E-state index contributed by atoms with van der Waals surface area (Å²) in [7, 11) is 0. The Labute approximate surface area is 109 Å². The molecular formula is C14H13NO2S. The van der Waals surface area contributed by atoms with Crippen molar-refractivity contribution in [3.05, 3.63) is 51.2 Å². The Morgan fingerprint density at radius 3 is 3.00 bits per heavy atom. The van der Waals surface area contributed by atoms with Gasteiger partial charge in [0.1, 0.15) is 6.10 Å². The largest absolute Gasteiger partial charge is 0.383 e. The van der Waals surface area contributed by atoms with Crippen molar-refractivity contribution in [2.45, 2.75) is 19.4 Å². The fraction of sp³-hybridized carbons (Fsp3) is 0.214. The van der Waals surface area contributed by atoms with Crippen LogP contribution in [0.2, 0.25) is 0 Å². The van der Waals surface area contributed by atoms with Crippen molar-refractivity contribution in [1.29, 1.82) is 0 Å². The molecule has 2 N–H and O–H groups in total. The van der Waals surface area contributed by atoms with Gasteiger partial charge in [0.2, 0.25) is 5.91 Å². The summed E-state index contributed by atoms with van der Waals surface area (Å²) >= 11 is 1.53. The van der Waals surface area contributed by atoms with E-state index in [9.17, 15) is 9.90 Å². The first-order chi connectivity index (χ1) is 8.65. The lowest BCUT2D eigenvalue weighted by atomic mass is 9.99. The minimum Gasteiger partial charge on any atom is -0.383 e. The van der Waals surface area contributed by atoms with E-state index in [0.717, 1.165) is 27.3 Å². The summed E-state index contributed by atoms with van der Waals surface area (Å²) in [6.45, 7) is 1.95. The number of amides is 1. The Balaban J connectivity index is 2.02. The maximum Gasteiger partial charge on any atom is 0.228 e. The SMILES string of the molecule is Cc1cc(C(O)c2cccs2)cc2c1NC(=O)C2. The van der Waals surface area contributed by atoms with Crippen LogP contribution in [0.5, 0.6) is 0 Å². The molecule has 2 aromatic rings. The molecule has 4 heteroatoms. The van der Waals surface area contributed by atoms with E-state index in [1.807, 2.05) is 36.6 Å². The molecule has 0 spiro atoms. The first-order valence-electron chi connectivity index (χ1n) is 5.80. The van der Waals surface area contributed by atoms with Crippen LogP contribution in [0.4, 0.5) is 5.69 Å². The van der Waals surface area contributed by atoms with Crippen molar-refractivity contribution in [2.75, 3.05) is 5.32 Å².